The van der Waals surface area contributed by atoms with Crippen LogP contribution in [0.2, 0.25) is 0 Å². The first kappa shape index (κ1) is 31.6. The van der Waals surface area contributed by atoms with Crippen LogP contribution in [0.5, 0.6) is 0 Å². The summed E-state index contributed by atoms with van der Waals surface area (Å²) >= 11 is 0. The zero-order valence-corrected chi connectivity index (χ0v) is 24.7. The Bertz CT molecular complexity index is 825. The third-order valence-corrected chi connectivity index (χ3v) is 6.23. The van der Waals surface area contributed by atoms with Gasteiger partial charge in [-0.1, -0.05) is 82.5 Å². The second kappa shape index (κ2) is 13.5. The van der Waals surface area contributed by atoms with Crippen molar-refractivity contribution in [3.05, 3.63) is 101 Å². The summed E-state index contributed by atoms with van der Waals surface area (Å²) in [5.41, 5.74) is 9.71. The predicted molar refractivity (Wildman–Crippen MR) is 144 cm³/mol. The molecule has 0 aromatic heterocycles. The summed E-state index contributed by atoms with van der Waals surface area (Å²) in [6.45, 7) is 17.5. The van der Waals surface area contributed by atoms with E-state index in [1.165, 1.54) is 33.4 Å². The van der Waals surface area contributed by atoms with Crippen LogP contribution in [-0.4, -0.2) is 25.7 Å². The number of nitrogens with zero attached hydrogens (tertiary/aromatic N) is 3. The Morgan fingerprint density at radius 3 is 1.48 bits per heavy atom. The predicted octanol–water partition coefficient (Wildman–Crippen LogP) is 8.85. The maximum absolute atomic E-state index is 5.12. The summed E-state index contributed by atoms with van der Waals surface area (Å²) in [5.74, 6) is 0. The first-order valence-electron chi connectivity index (χ1n) is 11.0. The van der Waals surface area contributed by atoms with E-state index in [-0.39, 0.29) is 52.5 Å². The Kier molecular flexibility index (Phi) is 12.9. The molecule has 3 nitrogen and oxygen atoms in total. The average molecular weight is 524 g/mol. The van der Waals surface area contributed by atoms with E-state index in [4.69, 9.17) is 16.0 Å². The minimum absolute atomic E-state index is 0. The van der Waals surface area contributed by atoms with Crippen molar-refractivity contribution in [2.45, 2.75) is 60.9 Å². The molecule has 3 rings (SSSR count). The van der Waals surface area contributed by atoms with Gasteiger partial charge < -0.3 is 30.8 Å². The van der Waals surface area contributed by atoms with E-state index in [2.05, 4.69) is 84.9 Å². The fourth-order valence-electron chi connectivity index (χ4n) is 4.69. The first-order chi connectivity index (χ1) is 14.2. The maximum atomic E-state index is 5.12. The van der Waals surface area contributed by atoms with E-state index < -0.39 is 0 Å². The molecular weight excluding hydrogens is 482 g/mol. The van der Waals surface area contributed by atoms with Crippen LogP contribution in [0.25, 0.3) is 16.0 Å². The van der Waals surface area contributed by atoms with Crippen molar-refractivity contribution in [1.82, 2.24) is 0 Å². The van der Waals surface area contributed by atoms with Crippen LogP contribution in [0.1, 0.15) is 46.7 Å². The molecule has 0 N–H and O–H groups in total. The van der Waals surface area contributed by atoms with Crippen LogP contribution in [0.15, 0.2) is 36.4 Å². The second-order valence-corrected chi connectivity index (χ2v) is 9.37. The van der Waals surface area contributed by atoms with E-state index in [9.17, 15) is 0 Å². The van der Waals surface area contributed by atoms with Crippen molar-refractivity contribution in [2.75, 3.05) is 19.6 Å². The number of rotatable bonds is 7. The smallest absolute Gasteiger partial charge is 0 e. The molecule has 2 aromatic rings. The summed E-state index contributed by atoms with van der Waals surface area (Å²) in [5, 5.41) is 15.2. The SMILES string of the molecule is Cc1cc(C)c([N-]CC(C)(C[N-]c2c(C)cc(C)cc2C)C2CC=CC[N-]2)c(C)c1.[CH3-].[CH3-].[Zr]. The zero-order chi connectivity index (χ0) is 21.9. The van der Waals surface area contributed by atoms with E-state index in [0.29, 0.717) is 0 Å². The van der Waals surface area contributed by atoms with Gasteiger partial charge >= 0.3 is 0 Å². The number of hydrogen-bond acceptors (Lipinski definition) is 0. The van der Waals surface area contributed by atoms with Crippen LogP contribution in [0.4, 0.5) is 11.4 Å². The van der Waals surface area contributed by atoms with Gasteiger partial charge in [-0.05, 0) is 41.5 Å². The molecule has 0 amide bonds. The van der Waals surface area contributed by atoms with Gasteiger partial charge in [0.05, 0.1) is 0 Å². The molecule has 1 aliphatic heterocycles. The van der Waals surface area contributed by atoms with Gasteiger partial charge in [0.25, 0.3) is 0 Å². The molecule has 1 heterocycles. The van der Waals surface area contributed by atoms with E-state index in [0.717, 1.165) is 37.4 Å². The quantitative estimate of drug-likeness (QED) is 0.257. The third-order valence-electron chi connectivity index (χ3n) is 6.23. The molecule has 0 bridgehead atoms. The molecule has 4 heteroatoms. The minimum atomic E-state index is -0.113. The van der Waals surface area contributed by atoms with Crippen LogP contribution in [0.3, 0.4) is 0 Å². The van der Waals surface area contributed by atoms with Crippen molar-refractivity contribution in [3.8, 4) is 0 Å². The van der Waals surface area contributed by atoms with Crippen LogP contribution >= 0.6 is 0 Å². The Morgan fingerprint density at radius 1 is 0.758 bits per heavy atom. The maximum Gasteiger partial charge on any atom is 0 e. The van der Waals surface area contributed by atoms with Crippen LogP contribution in [-0.2, 0) is 26.2 Å². The van der Waals surface area contributed by atoms with Crippen molar-refractivity contribution in [3.63, 3.8) is 0 Å². The largest absolute Gasteiger partial charge is 0.684 e. The van der Waals surface area contributed by atoms with Gasteiger partial charge in [-0.3, -0.25) is 0 Å². The van der Waals surface area contributed by atoms with Crippen molar-refractivity contribution in [1.29, 1.82) is 0 Å². The molecule has 2 aromatic carbocycles. The minimum Gasteiger partial charge on any atom is -0.684 e. The normalized spacial score (nSPS) is 15.1. The molecular formula is C29H42N3Zr-5. The standard InChI is InChI=1S/C27H36N3.2CH3.Zr/c1-18-12-20(3)25(21(4)13-18)29-16-27(7,24-10-8-9-11-28-24)17-30-26-22(5)14-19(2)15-23(26)6;;;/h8-9,12-15,24H,10-11,16-17H2,1-7H3;2*1H3;/q-3;2*-1;. The molecule has 0 saturated carbocycles. The van der Waals surface area contributed by atoms with E-state index in [1.807, 2.05) is 0 Å². The van der Waals surface area contributed by atoms with Gasteiger partial charge in [-0.25, -0.2) is 0 Å². The molecule has 0 radical (unpaired) electrons. The van der Waals surface area contributed by atoms with Gasteiger partial charge in [0.15, 0.2) is 0 Å². The molecule has 0 aliphatic carbocycles. The van der Waals surface area contributed by atoms with Gasteiger partial charge in [0, 0.05) is 26.2 Å². The second-order valence-electron chi connectivity index (χ2n) is 9.37. The summed E-state index contributed by atoms with van der Waals surface area (Å²) in [7, 11) is 0. The Hall–Kier alpha value is -1.38. The van der Waals surface area contributed by atoms with Crippen molar-refractivity contribution < 1.29 is 26.2 Å². The molecule has 1 atom stereocenters. The molecule has 0 spiro atoms. The summed E-state index contributed by atoms with van der Waals surface area (Å²) in [6.07, 6.45) is 5.40. The molecule has 182 valence electrons. The van der Waals surface area contributed by atoms with Gasteiger partial charge in [-0.2, -0.15) is 0 Å². The fraction of sp³-hybridized carbons (Fsp3) is 0.448. The molecule has 0 fully saturated rings. The monoisotopic (exact) mass is 522 g/mol. The number of benzene rings is 2. The number of hydrogen-bond donors (Lipinski definition) is 0. The average Bonchev–Trinajstić information content (AvgIpc) is 2.67. The van der Waals surface area contributed by atoms with Crippen molar-refractivity contribution in [2.24, 2.45) is 5.41 Å². The van der Waals surface area contributed by atoms with E-state index >= 15 is 0 Å². The summed E-state index contributed by atoms with van der Waals surface area (Å²) < 4.78 is 0. The van der Waals surface area contributed by atoms with Crippen LogP contribution < -0.4 is 0 Å². The zero-order valence-electron chi connectivity index (χ0n) is 22.2. The molecule has 33 heavy (non-hydrogen) atoms. The summed E-state index contributed by atoms with van der Waals surface area (Å²) in [4.78, 5) is 0. The number of aryl methyl sites for hydroxylation is 6. The topological polar surface area (TPSA) is 42.3 Å². The first-order valence-corrected chi connectivity index (χ1v) is 11.0. The van der Waals surface area contributed by atoms with Gasteiger partial charge in [0.2, 0.25) is 0 Å². The van der Waals surface area contributed by atoms with Crippen molar-refractivity contribution >= 4 is 11.4 Å². The summed E-state index contributed by atoms with van der Waals surface area (Å²) in [6, 6.07) is 9.13. The fourth-order valence-corrected chi connectivity index (χ4v) is 4.69. The Morgan fingerprint density at radius 2 is 1.15 bits per heavy atom. The van der Waals surface area contributed by atoms with Gasteiger partial charge in [-0.15, -0.1) is 43.1 Å². The third kappa shape index (κ3) is 7.83. The van der Waals surface area contributed by atoms with Gasteiger partial charge in [0.1, 0.15) is 0 Å². The Balaban J connectivity index is 0.00000341. The molecule has 0 saturated heterocycles. The van der Waals surface area contributed by atoms with E-state index in [1.54, 1.807) is 0 Å². The van der Waals surface area contributed by atoms with Crippen LogP contribution in [0, 0.1) is 61.8 Å². The molecule has 1 aliphatic rings. The Labute approximate surface area is 223 Å². The molecule has 1 unspecified atom stereocenters.